The summed E-state index contributed by atoms with van der Waals surface area (Å²) in [6.07, 6.45) is 0. The van der Waals surface area contributed by atoms with Crippen LogP contribution in [0.25, 0.3) is 0 Å². The smallest absolute Gasteiger partial charge is 0.231 e. The van der Waals surface area contributed by atoms with E-state index in [0.717, 1.165) is 17.1 Å². The third-order valence-electron chi connectivity index (χ3n) is 1.95. The zero-order valence-electron chi connectivity index (χ0n) is 8.78. The van der Waals surface area contributed by atoms with Crippen LogP contribution in [0.5, 0.6) is 11.5 Å². The van der Waals surface area contributed by atoms with Gasteiger partial charge in [-0.25, -0.2) is 0 Å². The number of benzene rings is 1. The summed E-state index contributed by atoms with van der Waals surface area (Å²) < 4.78 is 10.4. The Balaban J connectivity index is 2.02. The molecule has 0 saturated heterocycles. The number of fused-ring (bicyclic) bond motifs is 1. The van der Waals surface area contributed by atoms with Gasteiger partial charge >= 0.3 is 0 Å². The molecule has 82 valence electrons. The van der Waals surface area contributed by atoms with Crippen LogP contribution < -0.4 is 9.47 Å². The van der Waals surface area contributed by atoms with Gasteiger partial charge in [0.15, 0.2) is 16.6 Å². The lowest BCUT2D eigenvalue weighted by Gasteiger charge is -1.95. The van der Waals surface area contributed by atoms with E-state index < -0.39 is 0 Å². The fraction of sp³-hybridized carbons (Fsp3) is 0.250. The summed E-state index contributed by atoms with van der Waals surface area (Å²) >= 11 is 1.21. The minimum atomic E-state index is 0.0833. The molecule has 0 bridgehead atoms. The molecule has 0 amide bonds. The first-order valence-corrected chi connectivity index (χ1v) is 5.76. The molecule has 2 rings (SSSR count). The fourth-order valence-corrected chi connectivity index (χ4v) is 1.60. The first-order valence-electron chi connectivity index (χ1n) is 4.77. The maximum absolute atomic E-state index is 10.7. The summed E-state index contributed by atoms with van der Waals surface area (Å²) in [6.45, 7) is 1.80. The van der Waals surface area contributed by atoms with Gasteiger partial charge in [0, 0.05) is 12.5 Å². The average Bonchev–Trinajstić information content (AvgIpc) is 2.71. The van der Waals surface area contributed by atoms with E-state index in [4.69, 9.17) is 9.47 Å². The van der Waals surface area contributed by atoms with Crippen molar-refractivity contribution in [3.8, 4) is 23.3 Å². The molecule has 0 unspecified atom stereocenters. The third kappa shape index (κ3) is 2.71. The second-order valence-electron chi connectivity index (χ2n) is 3.15. The van der Waals surface area contributed by atoms with E-state index in [1.54, 1.807) is 0 Å². The molecule has 1 aliphatic heterocycles. The van der Waals surface area contributed by atoms with Crippen molar-refractivity contribution in [3.63, 3.8) is 0 Å². The summed E-state index contributed by atoms with van der Waals surface area (Å²) in [5.74, 6) is 7.89. The van der Waals surface area contributed by atoms with E-state index >= 15 is 0 Å². The molecular weight excluding hydrogens is 224 g/mol. The molecule has 1 aromatic rings. The van der Waals surface area contributed by atoms with E-state index in [9.17, 15) is 4.79 Å². The highest BCUT2D eigenvalue weighted by atomic mass is 32.2. The van der Waals surface area contributed by atoms with Gasteiger partial charge in [-0.05, 0) is 18.2 Å². The highest BCUT2D eigenvalue weighted by Crippen LogP contribution is 2.32. The third-order valence-corrected chi connectivity index (χ3v) is 2.65. The SMILES string of the molecule is CC(=O)SCC#Cc1ccc2c(c1)OCO2. The predicted molar refractivity (Wildman–Crippen MR) is 62.6 cm³/mol. The van der Waals surface area contributed by atoms with Crippen molar-refractivity contribution in [1.82, 2.24) is 0 Å². The molecule has 0 fully saturated rings. The average molecular weight is 234 g/mol. The second-order valence-corrected chi connectivity index (χ2v) is 4.30. The standard InChI is InChI=1S/C12H10O3S/c1-9(13)16-6-2-3-10-4-5-11-12(7-10)15-8-14-11/h4-5,7H,6,8H2,1H3. The second kappa shape index (κ2) is 4.95. The highest BCUT2D eigenvalue weighted by Gasteiger charge is 2.12. The summed E-state index contributed by atoms with van der Waals surface area (Å²) in [7, 11) is 0. The Morgan fingerprint density at radius 2 is 2.25 bits per heavy atom. The van der Waals surface area contributed by atoms with Crippen LogP contribution in [-0.4, -0.2) is 17.7 Å². The van der Waals surface area contributed by atoms with Crippen molar-refractivity contribution in [2.45, 2.75) is 6.92 Å². The lowest BCUT2D eigenvalue weighted by molar-refractivity contribution is -0.109. The van der Waals surface area contributed by atoms with Crippen LogP contribution in [0.4, 0.5) is 0 Å². The molecule has 0 N–H and O–H groups in total. The van der Waals surface area contributed by atoms with Crippen LogP contribution in [0.3, 0.4) is 0 Å². The summed E-state index contributed by atoms with van der Waals surface area (Å²) in [4.78, 5) is 10.7. The van der Waals surface area contributed by atoms with Gasteiger partial charge in [-0.3, -0.25) is 4.79 Å². The Bertz CT molecular complexity index is 471. The Labute approximate surface area is 98.1 Å². The molecule has 0 radical (unpaired) electrons. The number of carbonyl (C=O) groups excluding carboxylic acids is 1. The Morgan fingerprint density at radius 3 is 3.06 bits per heavy atom. The molecule has 16 heavy (non-hydrogen) atoms. The molecule has 0 spiro atoms. The van der Waals surface area contributed by atoms with Crippen LogP contribution >= 0.6 is 11.8 Å². The van der Waals surface area contributed by atoms with Gasteiger partial charge in [0.05, 0.1) is 5.75 Å². The van der Waals surface area contributed by atoms with Gasteiger partial charge in [0.2, 0.25) is 6.79 Å². The monoisotopic (exact) mass is 234 g/mol. The van der Waals surface area contributed by atoms with E-state index in [1.807, 2.05) is 18.2 Å². The van der Waals surface area contributed by atoms with Gasteiger partial charge in [-0.1, -0.05) is 23.6 Å². The quantitative estimate of drug-likeness (QED) is 0.697. The number of carbonyl (C=O) groups is 1. The molecule has 1 aliphatic rings. The number of hydrogen-bond donors (Lipinski definition) is 0. The van der Waals surface area contributed by atoms with Crippen LogP contribution in [0.1, 0.15) is 12.5 Å². The van der Waals surface area contributed by atoms with Crippen molar-refractivity contribution < 1.29 is 14.3 Å². The molecule has 0 aliphatic carbocycles. The van der Waals surface area contributed by atoms with E-state index in [1.165, 1.54) is 18.7 Å². The van der Waals surface area contributed by atoms with E-state index in [-0.39, 0.29) is 11.9 Å². The van der Waals surface area contributed by atoms with Crippen LogP contribution in [0.2, 0.25) is 0 Å². The summed E-state index contributed by atoms with van der Waals surface area (Å²) in [5, 5.41) is 0.0833. The Kier molecular flexibility index (Phi) is 3.37. The molecule has 4 heteroatoms. The van der Waals surface area contributed by atoms with Crippen molar-refractivity contribution >= 4 is 16.9 Å². The minimum absolute atomic E-state index is 0.0833. The molecule has 0 atom stereocenters. The largest absolute Gasteiger partial charge is 0.454 e. The van der Waals surface area contributed by atoms with E-state index in [2.05, 4.69) is 11.8 Å². The number of thioether (sulfide) groups is 1. The topological polar surface area (TPSA) is 35.5 Å². The maximum Gasteiger partial charge on any atom is 0.231 e. The van der Waals surface area contributed by atoms with E-state index in [0.29, 0.717) is 5.75 Å². The lowest BCUT2D eigenvalue weighted by Crippen LogP contribution is -1.92. The Morgan fingerprint density at radius 1 is 1.44 bits per heavy atom. The molecule has 3 nitrogen and oxygen atoms in total. The molecule has 1 aromatic carbocycles. The summed E-state index contributed by atoms with van der Waals surface area (Å²) in [6, 6.07) is 5.55. The van der Waals surface area contributed by atoms with Gasteiger partial charge < -0.3 is 9.47 Å². The van der Waals surface area contributed by atoms with Gasteiger partial charge in [0.1, 0.15) is 0 Å². The van der Waals surface area contributed by atoms with Crippen LogP contribution in [-0.2, 0) is 4.79 Å². The number of ether oxygens (including phenoxy) is 2. The normalized spacial score (nSPS) is 11.8. The molecule has 1 heterocycles. The van der Waals surface area contributed by atoms with Crippen molar-refractivity contribution in [2.75, 3.05) is 12.5 Å². The zero-order chi connectivity index (χ0) is 11.4. The first kappa shape index (κ1) is 10.9. The Hall–Kier alpha value is -1.60. The first-order chi connectivity index (χ1) is 7.75. The lowest BCUT2D eigenvalue weighted by atomic mass is 10.2. The van der Waals surface area contributed by atoms with Crippen LogP contribution in [0.15, 0.2) is 18.2 Å². The van der Waals surface area contributed by atoms with Gasteiger partial charge in [-0.15, -0.1) is 0 Å². The molecule has 0 saturated carbocycles. The maximum atomic E-state index is 10.7. The number of rotatable bonds is 1. The van der Waals surface area contributed by atoms with Gasteiger partial charge in [-0.2, -0.15) is 0 Å². The van der Waals surface area contributed by atoms with Crippen molar-refractivity contribution in [2.24, 2.45) is 0 Å². The van der Waals surface area contributed by atoms with Crippen molar-refractivity contribution in [3.05, 3.63) is 23.8 Å². The fourth-order valence-electron chi connectivity index (χ4n) is 1.25. The summed E-state index contributed by atoms with van der Waals surface area (Å²) in [5.41, 5.74) is 0.869. The minimum Gasteiger partial charge on any atom is -0.454 e. The van der Waals surface area contributed by atoms with Crippen molar-refractivity contribution in [1.29, 1.82) is 0 Å². The number of hydrogen-bond acceptors (Lipinski definition) is 4. The van der Waals surface area contributed by atoms with Crippen LogP contribution in [0, 0.1) is 11.8 Å². The molecular formula is C12H10O3S. The highest BCUT2D eigenvalue weighted by molar-refractivity contribution is 8.13. The van der Waals surface area contributed by atoms with Gasteiger partial charge in [0.25, 0.3) is 0 Å². The molecule has 0 aromatic heterocycles. The zero-order valence-corrected chi connectivity index (χ0v) is 9.60. The predicted octanol–water partition coefficient (Wildman–Crippen LogP) is 2.05.